The molecule has 36 heavy (non-hydrogen) atoms. The molecule has 2 atom stereocenters. The maximum Gasteiger partial charge on any atom is 0.306 e. The van der Waals surface area contributed by atoms with E-state index in [0.717, 1.165) is 64.2 Å². The van der Waals surface area contributed by atoms with Crippen LogP contribution in [-0.4, -0.2) is 22.8 Å². The van der Waals surface area contributed by atoms with E-state index in [-0.39, 0.29) is 17.7 Å². The summed E-state index contributed by atoms with van der Waals surface area (Å²) >= 11 is 0. The van der Waals surface area contributed by atoms with Gasteiger partial charge in [-0.3, -0.25) is 4.79 Å². The van der Waals surface area contributed by atoms with Crippen LogP contribution in [-0.2, 0) is 9.53 Å². The van der Waals surface area contributed by atoms with Crippen molar-refractivity contribution in [1.29, 1.82) is 0 Å². The third kappa shape index (κ3) is 21.5. The zero-order valence-corrected chi connectivity index (χ0v) is 25.2. The number of ether oxygens (including phenoxy) is 1. The number of esters is 1. The van der Waals surface area contributed by atoms with E-state index in [1.54, 1.807) is 0 Å². The second kappa shape index (κ2) is 26.1. The first-order valence-electron chi connectivity index (χ1n) is 16.4. The van der Waals surface area contributed by atoms with Crippen molar-refractivity contribution < 1.29 is 14.6 Å². The van der Waals surface area contributed by atoms with Gasteiger partial charge < -0.3 is 9.84 Å². The van der Waals surface area contributed by atoms with E-state index >= 15 is 0 Å². The quantitative estimate of drug-likeness (QED) is 0.0840. The molecule has 0 aromatic carbocycles. The van der Waals surface area contributed by atoms with Gasteiger partial charge in [-0.05, 0) is 51.4 Å². The van der Waals surface area contributed by atoms with Gasteiger partial charge in [-0.25, -0.2) is 0 Å². The minimum absolute atomic E-state index is 0.0318. The molecule has 0 aliphatic heterocycles. The Morgan fingerprint density at radius 3 is 1.47 bits per heavy atom. The zero-order valence-electron chi connectivity index (χ0n) is 25.2. The minimum Gasteiger partial charge on any atom is -0.459 e. The third-order valence-electron chi connectivity index (χ3n) is 8.01. The SMILES string of the molecule is CCCCCCCCC(O)CCCCCCCCC(CC)(CCCCC)OC(=O)CCCCCCC. The smallest absolute Gasteiger partial charge is 0.306 e. The van der Waals surface area contributed by atoms with Gasteiger partial charge in [-0.1, -0.05) is 137 Å². The van der Waals surface area contributed by atoms with Gasteiger partial charge in [0.25, 0.3) is 0 Å². The molecule has 0 radical (unpaired) electrons. The summed E-state index contributed by atoms with van der Waals surface area (Å²) < 4.78 is 6.20. The van der Waals surface area contributed by atoms with E-state index < -0.39 is 0 Å². The molecule has 0 saturated carbocycles. The number of aliphatic hydroxyl groups excluding tert-OH is 1. The molecular weight excluding hydrogens is 444 g/mol. The predicted octanol–water partition coefficient (Wildman–Crippen LogP) is 10.9. The van der Waals surface area contributed by atoms with Crippen LogP contribution in [0.1, 0.15) is 195 Å². The maximum absolute atomic E-state index is 12.6. The molecule has 0 aromatic heterocycles. The van der Waals surface area contributed by atoms with E-state index in [1.165, 1.54) is 96.3 Å². The van der Waals surface area contributed by atoms with Crippen LogP contribution in [0.4, 0.5) is 0 Å². The Bertz CT molecular complexity index is 464. The highest BCUT2D eigenvalue weighted by molar-refractivity contribution is 5.69. The largest absolute Gasteiger partial charge is 0.459 e. The summed E-state index contributed by atoms with van der Waals surface area (Å²) in [6, 6.07) is 0. The van der Waals surface area contributed by atoms with E-state index in [4.69, 9.17) is 4.74 Å². The fourth-order valence-electron chi connectivity index (χ4n) is 5.35. The summed E-state index contributed by atoms with van der Waals surface area (Å²) in [6.45, 7) is 8.93. The summed E-state index contributed by atoms with van der Waals surface area (Å²) in [5.41, 5.74) is -0.240. The highest BCUT2D eigenvalue weighted by Gasteiger charge is 2.31. The Morgan fingerprint density at radius 2 is 0.972 bits per heavy atom. The van der Waals surface area contributed by atoms with Gasteiger partial charge in [0.2, 0.25) is 0 Å². The lowest BCUT2D eigenvalue weighted by atomic mass is 9.87. The third-order valence-corrected chi connectivity index (χ3v) is 8.01. The fourth-order valence-corrected chi connectivity index (χ4v) is 5.35. The second-order valence-corrected chi connectivity index (χ2v) is 11.5. The van der Waals surface area contributed by atoms with E-state index in [2.05, 4.69) is 27.7 Å². The summed E-state index contributed by atoms with van der Waals surface area (Å²) in [4.78, 5) is 12.6. The highest BCUT2D eigenvalue weighted by Crippen LogP contribution is 2.31. The van der Waals surface area contributed by atoms with Gasteiger partial charge in [-0.2, -0.15) is 0 Å². The maximum atomic E-state index is 12.6. The van der Waals surface area contributed by atoms with Crippen molar-refractivity contribution in [1.82, 2.24) is 0 Å². The summed E-state index contributed by atoms with van der Waals surface area (Å²) in [5.74, 6) is 0.0318. The van der Waals surface area contributed by atoms with Gasteiger partial charge in [0.15, 0.2) is 0 Å². The topological polar surface area (TPSA) is 46.5 Å². The highest BCUT2D eigenvalue weighted by atomic mass is 16.6. The molecule has 0 saturated heterocycles. The Labute approximate surface area is 226 Å². The molecule has 2 unspecified atom stereocenters. The molecule has 0 amide bonds. The van der Waals surface area contributed by atoms with Crippen LogP contribution in [0.3, 0.4) is 0 Å². The lowest BCUT2D eigenvalue weighted by molar-refractivity contribution is -0.162. The molecule has 3 nitrogen and oxygen atoms in total. The molecule has 216 valence electrons. The standard InChI is InChI=1S/C33H66O3/c1-5-9-12-14-18-21-26-31(34)27-22-19-15-16-20-25-30-33(8-4,29-24-11-7-3)36-32(35)28-23-17-13-10-6-2/h31,34H,5-30H2,1-4H3. The van der Waals surface area contributed by atoms with Crippen molar-refractivity contribution in [3.8, 4) is 0 Å². The van der Waals surface area contributed by atoms with Crippen molar-refractivity contribution in [2.24, 2.45) is 0 Å². The number of rotatable bonds is 28. The molecule has 0 heterocycles. The summed E-state index contributed by atoms with van der Waals surface area (Å²) in [6.07, 6.45) is 30.0. The molecule has 0 fully saturated rings. The second-order valence-electron chi connectivity index (χ2n) is 11.5. The van der Waals surface area contributed by atoms with E-state index in [9.17, 15) is 9.90 Å². The molecule has 0 aliphatic carbocycles. The Balaban J connectivity index is 4.09. The van der Waals surface area contributed by atoms with Crippen molar-refractivity contribution in [2.75, 3.05) is 0 Å². The number of aliphatic hydroxyl groups is 1. The van der Waals surface area contributed by atoms with Crippen LogP contribution >= 0.6 is 0 Å². The van der Waals surface area contributed by atoms with Gasteiger partial charge in [-0.15, -0.1) is 0 Å². The molecule has 0 bridgehead atoms. The van der Waals surface area contributed by atoms with E-state index in [0.29, 0.717) is 6.42 Å². The number of carbonyl (C=O) groups is 1. The summed E-state index contributed by atoms with van der Waals surface area (Å²) in [5, 5.41) is 10.2. The average molecular weight is 511 g/mol. The zero-order chi connectivity index (χ0) is 26.7. The van der Waals surface area contributed by atoms with Crippen molar-refractivity contribution in [2.45, 2.75) is 206 Å². The molecule has 1 N–H and O–H groups in total. The lowest BCUT2D eigenvalue weighted by Gasteiger charge is -2.33. The van der Waals surface area contributed by atoms with Gasteiger partial charge in [0.05, 0.1) is 6.10 Å². The van der Waals surface area contributed by atoms with Gasteiger partial charge >= 0.3 is 5.97 Å². The normalized spacial score (nSPS) is 14.0. The minimum atomic E-state index is -0.240. The van der Waals surface area contributed by atoms with Crippen LogP contribution in [0, 0.1) is 0 Å². The first-order valence-corrected chi connectivity index (χ1v) is 16.4. The molecule has 3 heteroatoms. The molecule has 0 aliphatic rings. The fraction of sp³-hybridized carbons (Fsp3) is 0.970. The molecular formula is C33H66O3. The first kappa shape index (κ1) is 35.4. The number of hydrogen-bond acceptors (Lipinski definition) is 3. The molecule has 0 rings (SSSR count). The predicted molar refractivity (Wildman–Crippen MR) is 158 cm³/mol. The van der Waals surface area contributed by atoms with E-state index in [1.807, 2.05) is 0 Å². The van der Waals surface area contributed by atoms with Gasteiger partial charge in [0, 0.05) is 6.42 Å². The molecule has 0 spiro atoms. The van der Waals surface area contributed by atoms with Crippen molar-refractivity contribution >= 4 is 5.97 Å². The van der Waals surface area contributed by atoms with Crippen molar-refractivity contribution in [3.63, 3.8) is 0 Å². The average Bonchev–Trinajstić information content (AvgIpc) is 2.87. The first-order chi connectivity index (χ1) is 17.5. The van der Waals surface area contributed by atoms with Crippen LogP contribution in [0.2, 0.25) is 0 Å². The lowest BCUT2D eigenvalue weighted by Crippen LogP contribution is -2.34. The van der Waals surface area contributed by atoms with Crippen LogP contribution in [0.25, 0.3) is 0 Å². The van der Waals surface area contributed by atoms with Gasteiger partial charge in [0.1, 0.15) is 5.60 Å². The van der Waals surface area contributed by atoms with Crippen LogP contribution in [0.15, 0.2) is 0 Å². The number of hydrogen-bond donors (Lipinski definition) is 1. The Hall–Kier alpha value is -0.570. The number of carbonyl (C=O) groups excluding carboxylic acids is 1. The van der Waals surface area contributed by atoms with Crippen molar-refractivity contribution in [3.05, 3.63) is 0 Å². The van der Waals surface area contributed by atoms with Crippen LogP contribution < -0.4 is 0 Å². The summed E-state index contributed by atoms with van der Waals surface area (Å²) in [7, 11) is 0. The Morgan fingerprint density at radius 1 is 0.583 bits per heavy atom. The Kier molecular flexibility index (Phi) is 25.6. The van der Waals surface area contributed by atoms with Crippen LogP contribution in [0.5, 0.6) is 0 Å². The molecule has 0 aromatic rings. The number of unbranched alkanes of at least 4 members (excludes halogenated alkanes) is 16. The monoisotopic (exact) mass is 511 g/mol.